The molecule has 116 valence electrons. The van der Waals surface area contributed by atoms with E-state index >= 15 is 0 Å². The lowest BCUT2D eigenvalue weighted by molar-refractivity contribution is 0.982. The summed E-state index contributed by atoms with van der Waals surface area (Å²) in [6, 6.07) is 12.4. The van der Waals surface area contributed by atoms with Gasteiger partial charge in [-0.15, -0.1) is 5.10 Å². The number of benzene rings is 2. The minimum absolute atomic E-state index is 0.277. The highest BCUT2D eigenvalue weighted by Crippen LogP contribution is 2.31. The Kier molecular flexibility index (Phi) is 4.81. The summed E-state index contributed by atoms with van der Waals surface area (Å²) in [7, 11) is 0. The molecule has 3 aromatic rings. The van der Waals surface area contributed by atoms with Gasteiger partial charge in [0, 0.05) is 10.7 Å². The van der Waals surface area contributed by atoms with Gasteiger partial charge in [-0.2, -0.15) is 10.1 Å². The van der Waals surface area contributed by atoms with Crippen molar-refractivity contribution in [3.63, 3.8) is 0 Å². The minimum Gasteiger partial charge on any atom is -0.339 e. The highest BCUT2D eigenvalue weighted by Gasteiger charge is 2.08. The molecule has 23 heavy (non-hydrogen) atoms. The minimum atomic E-state index is 0.277. The molecule has 3 rings (SSSR count). The number of rotatable bonds is 4. The van der Waals surface area contributed by atoms with E-state index in [-0.39, 0.29) is 5.95 Å². The molecule has 1 aromatic heterocycles. The zero-order valence-corrected chi connectivity index (χ0v) is 13.9. The largest absolute Gasteiger partial charge is 0.339 e. The van der Waals surface area contributed by atoms with Crippen molar-refractivity contribution in [2.45, 2.75) is 0 Å². The van der Waals surface area contributed by atoms with Crippen LogP contribution in [0, 0.1) is 0 Å². The fraction of sp³-hybridized carbons (Fsp3) is 0. The van der Waals surface area contributed by atoms with Crippen LogP contribution >= 0.6 is 34.8 Å². The Morgan fingerprint density at radius 1 is 0.826 bits per heavy atom. The highest BCUT2D eigenvalue weighted by molar-refractivity contribution is 6.39. The van der Waals surface area contributed by atoms with Crippen LogP contribution in [0.3, 0.4) is 0 Å². The summed E-state index contributed by atoms with van der Waals surface area (Å²) < 4.78 is 0. The zero-order chi connectivity index (χ0) is 16.2. The molecule has 0 saturated heterocycles. The van der Waals surface area contributed by atoms with Gasteiger partial charge in [0.2, 0.25) is 5.95 Å². The average molecular weight is 367 g/mol. The fourth-order valence-electron chi connectivity index (χ4n) is 1.83. The third kappa shape index (κ3) is 4.01. The van der Waals surface area contributed by atoms with E-state index in [0.717, 1.165) is 5.69 Å². The predicted molar refractivity (Wildman–Crippen MR) is 94.3 cm³/mol. The van der Waals surface area contributed by atoms with E-state index in [2.05, 4.69) is 25.8 Å². The third-order valence-corrected chi connectivity index (χ3v) is 3.76. The van der Waals surface area contributed by atoms with Crippen molar-refractivity contribution < 1.29 is 0 Å². The normalized spacial score (nSPS) is 10.4. The molecular formula is C15H10Cl3N5. The Bertz CT molecular complexity index is 803. The van der Waals surface area contributed by atoms with Gasteiger partial charge in [0.25, 0.3) is 0 Å². The van der Waals surface area contributed by atoms with E-state index < -0.39 is 0 Å². The molecule has 0 unspecified atom stereocenters. The topological polar surface area (TPSA) is 62.7 Å². The standard InChI is InChI=1S/C15H10Cl3N5/c16-9-4-6-10(7-5-9)20-13-8-19-23-15(21-13)22-14-11(17)2-1-3-12(14)18/h1-8H,(H2,20,21,22,23). The number of hydrogen-bond acceptors (Lipinski definition) is 5. The molecule has 2 N–H and O–H groups in total. The maximum absolute atomic E-state index is 6.11. The van der Waals surface area contributed by atoms with Gasteiger partial charge in [-0.25, -0.2) is 0 Å². The van der Waals surface area contributed by atoms with Crippen LogP contribution in [0.1, 0.15) is 0 Å². The van der Waals surface area contributed by atoms with E-state index in [9.17, 15) is 0 Å². The van der Waals surface area contributed by atoms with Gasteiger partial charge in [0.1, 0.15) is 0 Å². The van der Waals surface area contributed by atoms with Crippen molar-refractivity contribution >= 4 is 57.9 Å². The summed E-state index contributed by atoms with van der Waals surface area (Å²) in [5.74, 6) is 0.798. The van der Waals surface area contributed by atoms with Gasteiger partial charge < -0.3 is 10.6 Å². The van der Waals surface area contributed by atoms with Crippen molar-refractivity contribution in [2.24, 2.45) is 0 Å². The van der Waals surface area contributed by atoms with Crippen molar-refractivity contribution in [1.29, 1.82) is 0 Å². The molecule has 0 atom stereocenters. The Balaban J connectivity index is 1.81. The van der Waals surface area contributed by atoms with Crippen molar-refractivity contribution in [3.8, 4) is 0 Å². The first-order valence-corrected chi connectivity index (χ1v) is 7.68. The first kappa shape index (κ1) is 15.8. The van der Waals surface area contributed by atoms with Gasteiger partial charge in [0.05, 0.1) is 21.9 Å². The summed E-state index contributed by atoms with van der Waals surface area (Å²) in [5.41, 5.74) is 1.36. The molecule has 0 spiro atoms. The monoisotopic (exact) mass is 365 g/mol. The third-order valence-electron chi connectivity index (χ3n) is 2.88. The van der Waals surface area contributed by atoms with Crippen LogP contribution in [-0.4, -0.2) is 15.2 Å². The number of para-hydroxylation sites is 1. The molecule has 0 amide bonds. The highest BCUT2D eigenvalue weighted by atomic mass is 35.5. The number of halogens is 3. The van der Waals surface area contributed by atoms with Gasteiger partial charge in [-0.1, -0.05) is 40.9 Å². The Labute approximate surface area is 147 Å². The molecule has 5 nitrogen and oxygen atoms in total. The molecule has 0 fully saturated rings. The van der Waals surface area contributed by atoms with Crippen LogP contribution < -0.4 is 10.6 Å². The van der Waals surface area contributed by atoms with Crippen molar-refractivity contribution in [3.05, 3.63) is 63.7 Å². The SMILES string of the molecule is Clc1ccc(Nc2cnnc(Nc3c(Cl)cccc3Cl)n2)cc1. The van der Waals surface area contributed by atoms with E-state index in [1.807, 2.05) is 12.1 Å². The number of nitrogens with zero attached hydrogens (tertiary/aromatic N) is 3. The lowest BCUT2D eigenvalue weighted by atomic mass is 10.3. The predicted octanol–water partition coefficient (Wildman–Crippen LogP) is 5.32. The van der Waals surface area contributed by atoms with Crippen molar-refractivity contribution in [1.82, 2.24) is 15.2 Å². The van der Waals surface area contributed by atoms with E-state index in [4.69, 9.17) is 34.8 Å². The van der Waals surface area contributed by atoms with Crippen LogP contribution in [0.4, 0.5) is 23.1 Å². The number of aromatic nitrogens is 3. The zero-order valence-electron chi connectivity index (χ0n) is 11.6. The molecule has 0 aliphatic rings. The summed E-state index contributed by atoms with van der Waals surface area (Å²) >= 11 is 18.1. The quantitative estimate of drug-likeness (QED) is 0.654. The molecule has 0 aliphatic heterocycles. The Morgan fingerprint density at radius 3 is 2.22 bits per heavy atom. The first-order chi connectivity index (χ1) is 11.1. The van der Waals surface area contributed by atoms with E-state index in [1.165, 1.54) is 6.20 Å². The van der Waals surface area contributed by atoms with Gasteiger partial charge in [-0.3, -0.25) is 0 Å². The average Bonchev–Trinajstić information content (AvgIpc) is 2.54. The smallest absolute Gasteiger partial charge is 0.249 e. The second-order valence-electron chi connectivity index (χ2n) is 4.52. The van der Waals surface area contributed by atoms with Crippen LogP contribution in [0.15, 0.2) is 48.7 Å². The molecule has 0 radical (unpaired) electrons. The summed E-state index contributed by atoms with van der Waals surface area (Å²) in [5, 5.41) is 15.5. The summed E-state index contributed by atoms with van der Waals surface area (Å²) in [4.78, 5) is 4.32. The molecule has 0 bridgehead atoms. The molecule has 2 aromatic carbocycles. The number of hydrogen-bond donors (Lipinski definition) is 2. The molecular weight excluding hydrogens is 357 g/mol. The van der Waals surface area contributed by atoms with Crippen LogP contribution in [0.5, 0.6) is 0 Å². The number of nitrogens with one attached hydrogen (secondary N) is 2. The van der Waals surface area contributed by atoms with E-state index in [1.54, 1.807) is 30.3 Å². The first-order valence-electron chi connectivity index (χ1n) is 6.55. The molecule has 8 heteroatoms. The van der Waals surface area contributed by atoms with Gasteiger partial charge in [-0.05, 0) is 36.4 Å². The Morgan fingerprint density at radius 2 is 1.52 bits per heavy atom. The fourth-order valence-corrected chi connectivity index (χ4v) is 2.44. The maximum atomic E-state index is 6.11. The van der Waals surface area contributed by atoms with Gasteiger partial charge in [0.15, 0.2) is 5.82 Å². The number of anilines is 4. The van der Waals surface area contributed by atoms with Gasteiger partial charge >= 0.3 is 0 Å². The summed E-state index contributed by atoms with van der Waals surface area (Å²) in [6.45, 7) is 0. The Hall–Kier alpha value is -2.08. The van der Waals surface area contributed by atoms with Crippen LogP contribution in [-0.2, 0) is 0 Å². The van der Waals surface area contributed by atoms with Crippen LogP contribution in [0.25, 0.3) is 0 Å². The lowest BCUT2D eigenvalue weighted by Crippen LogP contribution is -2.03. The molecule has 1 heterocycles. The second kappa shape index (κ2) is 7.00. The molecule has 0 saturated carbocycles. The summed E-state index contributed by atoms with van der Waals surface area (Å²) in [6.07, 6.45) is 1.51. The second-order valence-corrected chi connectivity index (χ2v) is 5.77. The van der Waals surface area contributed by atoms with Crippen molar-refractivity contribution in [2.75, 3.05) is 10.6 Å². The lowest BCUT2D eigenvalue weighted by Gasteiger charge is -2.10. The molecule has 0 aliphatic carbocycles. The maximum Gasteiger partial charge on any atom is 0.249 e. The van der Waals surface area contributed by atoms with Crippen LogP contribution in [0.2, 0.25) is 15.1 Å². The van der Waals surface area contributed by atoms with E-state index in [0.29, 0.717) is 26.6 Å².